The lowest BCUT2D eigenvalue weighted by Gasteiger charge is -2.12. The molecular weight excluding hydrogens is 260 g/mol. The molecule has 21 heavy (non-hydrogen) atoms. The summed E-state index contributed by atoms with van der Waals surface area (Å²) in [4.78, 5) is 4.72. The van der Waals surface area contributed by atoms with Crippen molar-refractivity contribution >= 4 is 10.9 Å². The fraction of sp³-hybridized carbons (Fsp3) is 0.500. The lowest BCUT2D eigenvalue weighted by Crippen LogP contribution is -2.19. The summed E-state index contributed by atoms with van der Waals surface area (Å²) in [5.74, 6) is 1.60. The number of rotatable bonds is 8. The molecule has 114 valence electrons. The molecule has 0 spiro atoms. The SMILES string of the molecule is CCCCOc1cc(CNCC(C)C)nc2ccccc12. The van der Waals surface area contributed by atoms with Crippen LogP contribution in [0.25, 0.3) is 10.9 Å². The average molecular weight is 286 g/mol. The monoisotopic (exact) mass is 286 g/mol. The van der Waals surface area contributed by atoms with Gasteiger partial charge in [-0.25, -0.2) is 0 Å². The Morgan fingerprint density at radius 2 is 2.05 bits per heavy atom. The van der Waals surface area contributed by atoms with Gasteiger partial charge in [0, 0.05) is 18.0 Å². The standard InChI is InChI=1S/C18H26N2O/c1-4-5-10-21-18-11-15(13-19-12-14(2)3)20-17-9-7-6-8-16(17)18/h6-9,11,14,19H,4-5,10,12-13H2,1-3H3. The zero-order chi connectivity index (χ0) is 15.1. The molecule has 1 aromatic heterocycles. The van der Waals surface area contributed by atoms with E-state index in [1.54, 1.807) is 0 Å². The van der Waals surface area contributed by atoms with Crippen molar-refractivity contribution in [1.82, 2.24) is 10.3 Å². The van der Waals surface area contributed by atoms with Crippen LogP contribution in [0.4, 0.5) is 0 Å². The van der Waals surface area contributed by atoms with Gasteiger partial charge in [-0.1, -0.05) is 39.3 Å². The summed E-state index contributed by atoms with van der Waals surface area (Å²) in [5.41, 5.74) is 2.05. The third-order valence-corrected chi connectivity index (χ3v) is 3.35. The number of hydrogen-bond acceptors (Lipinski definition) is 3. The van der Waals surface area contributed by atoms with Crippen molar-refractivity contribution in [2.45, 2.75) is 40.2 Å². The maximum atomic E-state index is 5.96. The van der Waals surface area contributed by atoms with Gasteiger partial charge in [0.05, 0.1) is 17.8 Å². The van der Waals surface area contributed by atoms with Crippen LogP contribution in [0.5, 0.6) is 5.75 Å². The van der Waals surface area contributed by atoms with Gasteiger partial charge in [0.2, 0.25) is 0 Å². The molecule has 0 fully saturated rings. The molecule has 3 nitrogen and oxygen atoms in total. The lowest BCUT2D eigenvalue weighted by molar-refractivity contribution is 0.312. The molecule has 0 aliphatic rings. The second-order valence-electron chi connectivity index (χ2n) is 5.86. The van der Waals surface area contributed by atoms with Crippen molar-refractivity contribution in [3.05, 3.63) is 36.0 Å². The zero-order valence-electron chi connectivity index (χ0n) is 13.4. The van der Waals surface area contributed by atoms with E-state index in [-0.39, 0.29) is 0 Å². The van der Waals surface area contributed by atoms with Gasteiger partial charge < -0.3 is 10.1 Å². The van der Waals surface area contributed by atoms with Gasteiger partial charge in [-0.3, -0.25) is 4.98 Å². The van der Waals surface area contributed by atoms with Crippen LogP contribution in [0.1, 0.15) is 39.3 Å². The number of benzene rings is 1. The fourth-order valence-electron chi connectivity index (χ4n) is 2.22. The Bertz CT molecular complexity index is 566. The van der Waals surface area contributed by atoms with Crippen LogP contribution in [0.2, 0.25) is 0 Å². The molecule has 1 heterocycles. The lowest BCUT2D eigenvalue weighted by atomic mass is 10.1. The number of nitrogens with zero attached hydrogens (tertiary/aromatic N) is 1. The van der Waals surface area contributed by atoms with E-state index in [0.29, 0.717) is 5.92 Å². The summed E-state index contributed by atoms with van der Waals surface area (Å²) in [5, 5.41) is 4.54. The first-order valence-corrected chi connectivity index (χ1v) is 7.93. The topological polar surface area (TPSA) is 34.1 Å². The van der Waals surface area contributed by atoms with E-state index < -0.39 is 0 Å². The first-order chi connectivity index (χ1) is 10.2. The van der Waals surface area contributed by atoms with Gasteiger partial charge in [-0.15, -0.1) is 0 Å². The first kappa shape index (κ1) is 15.8. The molecule has 0 bridgehead atoms. The highest BCUT2D eigenvalue weighted by Gasteiger charge is 2.07. The predicted octanol–water partition coefficient (Wildman–Crippen LogP) is 4.16. The molecule has 0 saturated heterocycles. The first-order valence-electron chi connectivity index (χ1n) is 7.93. The molecule has 0 radical (unpaired) electrons. The molecule has 0 aliphatic heterocycles. The summed E-state index contributed by atoms with van der Waals surface area (Å²) in [7, 11) is 0. The Morgan fingerprint density at radius 3 is 2.81 bits per heavy atom. The van der Waals surface area contributed by atoms with E-state index in [9.17, 15) is 0 Å². The normalized spacial score (nSPS) is 11.2. The zero-order valence-corrected chi connectivity index (χ0v) is 13.4. The van der Waals surface area contributed by atoms with Crippen LogP contribution in [0, 0.1) is 5.92 Å². The van der Waals surface area contributed by atoms with E-state index >= 15 is 0 Å². The predicted molar refractivity (Wildman–Crippen MR) is 88.7 cm³/mol. The molecule has 2 rings (SSSR count). The van der Waals surface area contributed by atoms with Crippen molar-refractivity contribution in [2.75, 3.05) is 13.2 Å². The number of unbranched alkanes of at least 4 members (excludes halogenated alkanes) is 1. The van der Waals surface area contributed by atoms with Crippen molar-refractivity contribution < 1.29 is 4.74 Å². The largest absolute Gasteiger partial charge is 0.493 e. The Kier molecular flexibility index (Phi) is 6.00. The Hall–Kier alpha value is -1.61. The number of para-hydroxylation sites is 1. The third-order valence-electron chi connectivity index (χ3n) is 3.35. The number of pyridine rings is 1. The van der Waals surface area contributed by atoms with Crippen molar-refractivity contribution in [1.29, 1.82) is 0 Å². The Balaban J connectivity index is 2.17. The summed E-state index contributed by atoms with van der Waals surface area (Å²) >= 11 is 0. The number of aromatic nitrogens is 1. The van der Waals surface area contributed by atoms with Gasteiger partial charge in [-0.2, -0.15) is 0 Å². The van der Waals surface area contributed by atoms with Gasteiger partial charge in [-0.05, 0) is 31.0 Å². The van der Waals surface area contributed by atoms with E-state index in [0.717, 1.165) is 54.9 Å². The summed E-state index contributed by atoms with van der Waals surface area (Å²) in [6.45, 7) is 9.15. The van der Waals surface area contributed by atoms with E-state index in [1.807, 2.05) is 18.2 Å². The van der Waals surface area contributed by atoms with Crippen molar-refractivity contribution in [2.24, 2.45) is 5.92 Å². The van der Waals surface area contributed by atoms with E-state index in [4.69, 9.17) is 9.72 Å². The number of ether oxygens (including phenoxy) is 1. The fourth-order valence-corrected chi connectivity index (χ4v) is 2.22. The maximum absolute atomic E-state index is 5.96. The highest BCUT2D eigenvalue weighted by atomic mass is 16.5. The van der Waals surface area contributed by atoms with Crippen LogP contribution >= 0.6 is 0 Å². The van der Waals surface area contributed by atoms with Crippen molar-refractivity contribution in [3.8, 4) is 5.75 Å². The smallest absolute Gasteiger partial charge is 0.130 e. The van der Waals surface area contributed by atoms with Gasteiger partial charge in [0.15, 0.2) is 0 Å². The quantitative estimate of drug-likeness (QED) is 0.740. The minimum Gasteiger partial charge on any atom is -0.493 e. The molecule has 1 N–H and O–H groups in total. The molecule has 2 aromatic rings. The summed E-state index contributed by atoms with van der Waals surface area (Å²) < 4.78 is 5.96. The second-order valence-corrected chi connectivity index (χ2v) is 5.86. The molecule has 0 aliphatic carbocycles. The molecule has 0 atom stereocenters. The maximum Gasteiger partial charge on any atom is 0.130 e. The van der Waals surface area contributed by atoms with Crippen LogP contribution in [-0.4, -0.2) is 18.1 Å². The number of fused-ring (bicyclic) bond motifs is 1. The number of nitrogens with one attached hydrogen (secondary N) is 1. The minimum atomic E-state index is 0.644. The van der Waals surface area contributed by atoms with Crippen LogP contribution in [0.15, 0.2) is 30.3 Å². The highest BCUT2D eigenvalue weighted by molar-refractivity contribution is 5.85. The van der Waals surface area contributed by atoms with Crippen LogP contribution < -0.4 is 10.1 Å². The molecule has 0 unspecified atom stereocenters. The minimum absolute atomic E-state index is 0.644. The molecular formula is C18H26N2O. The molecule has 0 amide bonds. The highest BCUT2D eigenvalue weighted by Crippen LogP contribution is 2.25. The average Bonchev–Trinajstić information content (AvgIpc) is 2.47. The number of hydrogen-bond donors (Lipinski definition) is 1. The Labute approximate surface area is 127 Å². The Morgan fingerprint density at radius 1 is 1.24 bits per heavy atom. The molecule has 0 saturated carbocycles. The van der Waals surface area contributed by atoms with Gasteiger partial charge in [0.25, 0.3) is 0 Å². The summed E-state index contributed by atoms with van der Waals surface area (Å²) in [6, 6.07) is 10.3. The van der Waals surface area contributed by atoms with Crippen LogP contribution in [-0.2, 0) is 6.54 Å². The van der Waals surface area contributed by atoms with Crippen molar-refractivity contribution in [3.63, 3.8) is 0 Å². The van der Waals surface area contributed by atoms with E-state index in [2.05, 4.69) is 38.2 Å². The molecule has 3 heteroatoms. The second kappa shape index (κ2) is 7.99. The van der Waals surface area contributed by atoms with Gasteiger partial charge in [0.1, 0.15) is 5.75 Å². The van der Waals surface area contributed by atoms with Crippen LogP contribution in [0.3, 0.4) is 0 Å². The molecule has 1 aromatic carbocycles. The summed E-state index contributed by atoms with van der Waals surface area (Å²) in [6.07, 6.45) is 2.23. The third kappa shape index (κ3) is 4.71. The van der Waals surface area contributed by atoms with E-state index in [1.165, 1.54) is 0 Å². The van der Waals surface area contributed by atoms with Gasteiger partial charge >= 0.3 is 0 Å².